The SMILES string of the molecule is CC(C)(C)C(=O)NCC(=O)NCCCCO. The second-order valence-corrected chi connectivity index (χ2v) is 4.71. The largest absolute Gasteiger partial charge is 0.396 e. The minimum Gasteiger partial charge on any atom is -0.396 e. The maximum Gasteiger partial charge on any atom is 0.239 e. The Hall–Kier alpha value is -1.10. The molecule has 0 bridgehead atoms. The third kappa shape index (κ3) is 7.23. The summed E-state index contributed by atoms with van der Waals surface area (Å²) in [4.78, 5) is 22.7. The van der Waals surface area contributed by atoms with Gasteiger partial charge in [0, 0.05) is 18.6 Å². The van der Waals surface area contributed by atoms with Crippen LogP contribution < -0.4 is 10.6 Å². The molecule has 0 aromatic rings. The van der Waals surface area contributed by atoms with Gasteiger partial charge in [0.25, 0.3) is 0 Å². The van der Waals surface area contributed by atoms with E-state index in [0.717, 1.165) is 6.42 Å². The number of nitrogens with one attached hydrogen (secondary N) is 2. The van der Waals surface area contributed by atoms with Gasteiger partial charge in [-0.2, -0.15) is 0 Å². The highest BCUT2D eigenvalue weighted by Gasteiger charge is 2.21. The topological polar surface area (TPSA) is 78.4 Å². The normalized spacial score (nSPS) is 11.0. The molecule has 0 fully saturated rings. The van der Waals surface area contributed by atoms with Crippen LogP contribution in [0.4, 0.5) is 0 Å². The Labute approximate surface area is 96.6 Å². The Morgan fingerprint density at radius 1 is 1.12 bits per heavy atom. The lowest BCUT2D eigenvalue weighted by atomic mass is 9.96. The highest BCUT2D eigenvalue weighted by atomic mass is 16.3. The number of hydrogen-bond donors (Lipinski definition) is 3. The van der Waals surface area contributed by atoms with Gasteiger partial charge in [-0.3, -0.25) is 9.59 Å². The summed E-state index contributed by atoms with van der Waals surface area (Å²) in [6.45, 7) is 6.06. The number of carbonyl (C=O) groups is 2. The van der Waals surface area contributed by atoms with Gasteiger partial charge < -0.3 is 15.7 Å². The molecule has 0 radical (unpaired) electrons. The van der Waals surface area contributed by atoms with Crippen LogP contribution in [0.25, 0.3) is 0 Å². The molecular formula is C11H22N2O3. The Morgan fingerprint density at radius 2 is 1.75 bits per heavy atom. The molecule has 5 heteroatoms. The zero-order valence-electron chi connectivity index (χ0n) is 10.3. The van der Waals surface area contributed by atoms with E-state index < -0.39 is 5.41 Å². The maximum atomic E-state index is 11.4. The van der Waals surface area contributed by atoms with Gasteiger partial charge in [-0.15, -0.1) is 0 Å². The van der Waals surface area contributed by atoms with Gasteiger partial charge in [0.2, 0.25) is 11.8 Å². The number of rotatable bonds is 6. The van der Waals surface area contributed by atoms with Crippen molar-refractivity contribution in [3.63, 3.8) is 0 Å². The fourth-order valence-electron chi connectivity index (χ4n) is 0.953. The van der Waals surface area contributed by atoms with Crippen LogP contribution in [0.3, 0.4) is 0 Å². The molecule has 0 rings (SSSR count). The first-order valence-corrected chi connectivity index (χ1v) is 5.54. The summed E-state index contributed by atoms with van der Waals surface area (Å²) in [6.07, 6.45) is 1.42. The molecule has 3 N–H and O–H groups in total. The average molecular weight is 230 g/mol. The van der Waals surface area contributed by atoms with E-state index in [9.17, 15) is 9.59 Å². The molecule has 0 aliphatic carbocycles. The van der Waals surface area contributed by atoms with E-state index in [1.165, 1.54) is 0 Å². The van der Waals surface area contributed by atoms with Crippen molar-refractivity contribution in [2.75, 3.05) is 19.7 Å². The molecule has 0 saturated heterocycles. The third-order valence-corrected chi connectivity index (χ3v) is 2.00. The van der Waals surface area contributed by atoms with Crippen molar-refractivity contribution in [2.45, 2.75) is 33.6 Å². The summed E-state index contributed by atoms with van der Waals surface area (Å²) in [6, 6.07) is 0. The lowest BCUT2D eigenvalue weighted by molar-refractivity contribution is -0.131. The summed E-state index contributed by atoms with van der Waals surface area (Å²) >= 11 is 0. The van der Waals surface area contributed by atoms with Crippen LogP contribution in [0.15, 0.2) is 0 Å². The van der Waals surface area contributed by atoms with Gasteiger partial charge in [0.05, 0.1) is 6.54 Å². The summed E-state index contributed by atoms with van der Waals surface area (Å²) in [7, 11) is 0. The Kier molecular flexibility index (Phi) is 6.72. The minimum absolute atomic E-state index is 0.00916. The third-order valence-electron chi connectivity index (χ3n) is 2.00. The zero-order valence-corrected chi connectivity index (χ0v) is 10.3. The predicted octanol–water partition coefficient (Wildman–Crippen LogP) is 0.0374. The van der Waals surface area contributed by atoms with Gasteiger partial charge in [0.1, 0.15) is 0 Å². The number of carbonyl (C=O) groups excluding carboxylic acids is 2. The van der Waals surface area contributed by atoms with Gasteiger partial charge >= 0.3 is 0 Å². The molecule has 0 unspecified atom stereocenters. The molecular weight excluding hydrogens is 208 g/mol. The van der Waals surface area contributed by atoms with Crippen LogP contribution in [0.2, 0.25) is 0 Å². The van der Waals surface area contributed by atoms with Gasteiger partial charge in [0.15, 0.2) is 0 Å². The molecule has 0 aliphatic heterocycles. The van der Waals surface area contributed by atoms with Crippen LogP contribution in [0.5, 0.6) is 0 Å². The standard InChI is InChI=1S/C11H22N2O3/c1-11(2,3)10(16)13-8-9(15)12-6-4-5-7-14/h14H,4-8H2,1-3H3,(H,12,15)(H,13,16). The monoisotopic (exact) mass is 230 g/mol. The first kappa shape index (κ1) is 14.9. The van der Waals surface area contributed by atoms with Crippen molar-refractivity contribution in [1.82, 2.24) is 10.6 Å². The fraction of sp³-hybridized carbons (Fsp3) is 0.818. The number of aliphatic hydroxyl groups is 1. The molecule has 94 valence electrons. The molecule has 0 heterocycles. The molecule has 2 amide bonds. The quantitative estimate of drug-likeness (QED) is 0.564. The van der Waals surface area contributed by atoms with Crippen molar-refractivity contribution in [2.24, 2.45) is 5.41 Å². The second kappa shape index (κ2) is 7.22. The molecule has 0 saturated carbocycles. The molecule has 5 nitrogen and oxygen atoms in total. The van der Waals surface area contributed by atoms with Crippen LogP contribution in [0.1, 0.15) is 33.6 Å². The van der Waals surface area contributed by atoms with Crippen molar-refractivity contribution in [1.29, 1.82) is 0 Å². The Morgan fingerprint density at radius 3 is 2.25 bits per heavy atom. The maximum absolute atomic E-state index is 11.4. The zero-order chi connectivity index (χ0) is 12.6. The lowest BCUT2D eigenvalue weighted by Crippen LogP contribution is -2.41. The van der Waals surface area contributed by atoms with E-state index in [-0.39, 0.29) is 25.0 Å². The average Bonchev–Trinajstić information content (AvgIpc) is 2.19. The van der Waals surface area contributed by atoms with E-state index in [0.29, 0.717) is 13.0 Å². The van der Waals surface area contributed by atoms with Crippen molar-refractivity contribution in [3.05, 3.63) is 0 Å². The van der Waals surface area contributed by atoms with Gasteiger partial charge in [-0.05, 0) is 12.8 Å². The van der Waals surface area contributed by atoms with Gasteiger partial charge in [-0.1, -0.05) is 20.8 Å². The van der Waals surface area contributed by atoms with Crippen LogP contribution in [-0.4, -0.2) is 36.6 Å². The van der Waals surface area contributed by atoms with E-state index in [1.807, 2.05) is 0 Å². The first-order chi connectivity index (χ1) is 7.38. The first-order valence-electron chi connectivity index (χ1n) is 5.54. The number of aliphatic hydroxyl groups excluding tert-OH is 1. The van der Waals surface area contributed by atoms with Crippen molar-refractivity contribution in [3.8, 4) is 0 Å². The molecule has 0 spiro atoms. The molecule has 0 aromatic carbocycles. The molecule has 0 aliphatic rings. The van der Waals surface area contributed by atoms with Crippen LogP contribution in [-0.2, 0) is 9.59 Å². The highest BCUT2D eigenvalue weighted by Crippen LogP contribution is 2.11. The molecule has 0 aromatic heterocycles. The summed E-state index contributed by atoms with van der Waals surface area (Å²) in [5.74, 6) is -0.339. The smallest absolute Gasteiger partial charge is 0.239 e. The Balaban J connectivity index is 3.62. The van der Waals surface area contributed by atoms with Crippen LogP contribution >= 0.6 is 0 Å². The van der Waals surface area contributed by atoms with Crippen molar-refractivity contribution < 1.29 is 14.7 Å². The van der Waals surface area contributed by atoms with E-state index in [1.54, 1.807) is 20.8 Å². The van der Waals surface area contributed by atoms with Crippen LogP contribution in [0, 0.1) is 5.41 Å². The van der Waals surface area contributed by atoms with E-state index in [4.69, 9.17) is 5.11 Å². The number of unbranched alkanes of at least 4 members (excludes halogenated alkanes) is 1. The molecule has 16 heavy (non-hydrogen) atoms. The predicted molar refractivity (Wildman–Crippen MR) is 61.8 cm³/mol. The van der Waals surface area contributed by atoms with Crippen molar-refractivity contribution >= 4 is 11.8 Å². The van der Waals surface area contributed by atoms with E-state index in [2.05, 4.69) is 10.6 Å². The van der Waals surface area contributed by atoms with E-state index >= 15 is 0 Å². The molecule has 0 atom stereocenters. The summed E-state index contributed by atoms with van der Waals surface area (Å²) in [5.41, 5.74) is -0.475. The second-order valence-electron chi connectivity index (χ2n) is 4.71. The number of hydrogen-bond acceptors (Lipinski definition) is 3. The Bertz CT molecular complexity index is 234. The van der Waals surface area contributed by atoms with Gasteiger partial charge in [-0.25, -0.2) is 0 Å². The highest BCUT2D eigenvalue weighted by molar-refractivity contribution is 5.87. The summed E-state index contributed by atoms with van der Waals surface area (Å²) < 4.78 is 0. The summed E-state index contributed by atoms with van der Waals surface area (Å²) in [5, 5.41) is 13.7. The fourth-order valence-corrected chi connectivity index (χ4v) is 0.953. The minimum atomic E-state index is -0.475. The lowest BCUT2D eigenvalue weighted by Gasteiger charge is -2.17. The number of amides is 2.